The van der Waals surface area contributed by atoms with Gasteiger partial charge >= 0.3 is 5.97 Å². The van der Waals surface area contributed by atoms with Gasteiger partial charge in [0.1, 0.15) is 12.1 Å². The predicted octanol–water partition coefficient (Wildman–Crippen LogP) is 1.36. The topological polar surface area (TPSA) is 152 Å². The molecule has 0 radical (unpaired) electrons. The molecule has 1 fully saturated rings. The van der Waals surface area contributed by atoms with Crippen LogP contribution in [0.15, 0.2) is 12.2 Å². The molecular formula is C27H46N4O7. The Bertz CT molecular complexity index is 866. The number of esters is 1. The van der Waals surface area contributed by atoms with E-state index in [1.165, 1.54) is 19.1 Å². The summed E-state index contributed by atoms with van der Waals surface area (Å²) < 4.78 is 10.8. The van der Waals surface area contributed by atoms with E-state index in [9.17, 15) is 24.0 Å². The summed E-state index contributed by atoms with van der Waals surface area (Å²) in [5.74, 6) is -2.33. The Morgan fingerprint density at radius 3 is 2.24 bits per heavy atom. The number of carbonyl (C=O) groups is 5. The Balaban J connectivity index is 3.11. The minimum absolute atomic E-state index is 0.0580. The van der Waals surface area contributed by atoms with Crippen LogP contribution in [0.1, 0.15) is 74.7 Å². The molecule has 0 aromatic heterocycles. The lowest BCUT2D eigenvalue weighted by atomic mass is 9.96. The van der Waals surface area contributed by atoms with Crippen molar-refractivity contribution in [2.24, 2.45) is 11.8 Å². The van der Waals surface area contributed by atoms with Crippen LogP contribution in [-0.4, -0.2) is 72.6 Å². The number of nitrogens with one attached hydrogen (secondary N) is 4. The molecule has 1 aliphatic heterocycles. The smallest absolute Gasteiger partial charge is 0.330 e. The van der Waals surface area contributed by atoms with Gasteiger partial charge in [-0.05, 0) is 59.8 Å². The van der Waals surface area contributed by atoms with Gasteiger partial charge in [0, 0.05) is 31.5 Å². The highest BCUT2D eigenvalue weighted by atomic mass is 16.5. The predicted molar refractivity (Wildman–Crippen MR) is 143 cm³/mol. The molecule has 1 rings (SSSR count). The Morgan fingerprint density at radius 2 is 1.74 bits per heavy atom. The summed E-state index contributed by atoms with van der Waals surface area (Å²) in [6.45, 7) is 14.8. The van der Waals surface area contributed by atoms with E-state index >= 15 is 0 Å². The third kappa shape index (κ3) is 12.5. The van der Waals surface area contributed by atoms with Crippen LogP contribution in [0.4, 0.5) is 0 Å². The lowest BCUT2D eigenvalue weighted by Gasteiger charge is -2.32. The van der Waals surface area contributed by atoms with Crippen LogP contribution < -0.4 is 21.3 Å². The average molecular weight is 539 g/mol. The molecule has 0 bridgehead atoms. The van der Waals surface area contributed by atoms with Crippen LogP contribution in [0.5, 0.6) is 0 Å². The maximum atomic E-state index is 13.4. The third-order valence-corrected chi connectivity index (χ3v) is 5.77. The summed E-state index contributed by atoms with van der Waals surface area (Å²) in [4.78, 5) is 62.5. The summed E-state index contributed by atoms with van der Waals surface area (Å²) in [6, 6.07) is -2.58. The minimum atomic E-state index is -1.02. The van der Waals surface area contributed by atoms with Gasteiger partial charge in [-0.25, -0.2) is 4.79 Å². The van der Waals surface area contributed by atoms with Gasteiger partial charge in [-0.3, -0.25) is 19.2 Å². The molecule has 38 heavy (non-hydrogen) atoms. The first-order valence-electron chi connectivity index (χ1n) is 13.3. The average Bonchev–Trinajstić information content (AvgIpc) is 3.18. The first kappa shape index (κ1) is 33.1. The van der Waals surface area contributed by atoms with Crippen molar-refractivity contribution in [2.45, 2.75) is 104 Å². The number of hydrogen-bond acceptors (Lipinski definition) is 7. The molecular weight excluding hydrogens is 492 g/mol. The van der Waals surface area contributed by atoms with Crippen molar-refractivity contribution in [3.8, 4) is 0 Å². The fourth-order valence-electron chi connectivity index (χ4n) is 4.24. The second-order valence-electron chi connectivity index (χ2n) is 11.0. The van der Waals surface area contributed by atoms with E-state index in [-0.39, 0.29) is 24.3 Å². The zero-order valence-corrected chi connectivity index (χ0v) is 24.0. The van der Waals surface area contributed by atoms with E-state index in [0.29, 0.717) is 25.8 Å². The number of amides is 4. The van der Waals surface area contributed by atoms with Gasteiger partial charge < -0.3 is 30.7 Å². The second-order valence-corrected chi connectivity index (χ2v) is 11.0. The van der Waals surface area contributed by atoms with Crippen LogP contribution in [-0.2, 0) is 33.4 Å². The standard InChI is InChI=1S/C27H46N4O7/c1-9-37-22(33)11-10-20(15-19-12-13-28-24(19)34)30-25(35)21(14-16(2)3)31-26(36)23(29-18(5)32)17(4)38-27(6,7)8/h10-11,16-17,19-21,23H,9,12-15H2,1-8H3,(H,28,34)(H,29,32)(H,30,35)(H,31,36)/b11-10+/t17?,19-,20+,21-,23-/m0/s1. The highest BCUT2D eigenvalue weighted by molar-refractivity contribution is 5.92. The monoisotopic (exact) mass is 538 g/mol. The van der Waals surface area contributed by atoms with Crippen LogP contribution in [0.3, 0.4) is 0 Å². The molecule has 5 atom stereocenters. The SMILES string of the molecule is CCOC(=O)/C=C/[C@H](C[C@@H]1CCNC1=O)NC(=O)[C@H](CC(C)C)NC(=O)[C@@H](NC(C)=O)C(C)OC(C)(C)C. The van der Waals surface area contributed by atoms with Gasteiger partial charge in [0.25, 0.3) is 0 Å². The van der Waals surface area contributed by atoms with E-state index in [0.717, 1.165) is 0 Å². The van der Waals surface area contributed by atoms with Gasteiger partial charge in [0.05, 0.1) is 18.3 Å². The van der Waals surface area contributed by atoms with Gasteiger partial charge in [0.15, 0.2) is 0 Å². The first-order valence-corrected chi connectivity index (χ1v) is 13.3. The molecule has 0 aromatic carbocycles. The molecule has 1 unspecified atom stereocenters. The van der Waals surface area contributed by atoms with Crippen LogP contribution in [0.2, 0.25) is 0 Å². The highest BCUT2D eigenvalue weighted by Crippen LogP contribution is 2.18. The fraction of sp³-hybridized carbons (Fsp3) is 0.741. The van der Waals surface area contributed by atoms with E-state index in [1.54, 1.807) is 13.8 Å². The number of ether oxygens (including phenoxy) is 2. The van der Waals surface area contributed by atoms with Crippen molar-refractivity contribution in [3.63, 3.8) is 0 Å². The fourth-order valence-corrected chi connectivity index (χ4v) is 4.24. The molecule has 0 aliphatic carbocycles. The molecule has 0 saturated carbocycles. The first-order chi connectivity index (χ1) is 17.6. The van der Waals surface area contributed by atoms with Gasteiger partial charge in [-0.2, -0.15) is 0 Å². The van der Waals surface area contributed by atoms with E-state index < -0.39 is 53.5 Å². The maximum absolute atomic E-state index is 13.4. The van der Waals surface area contributed by atoms with Crippen molar-refractivity contribution in [2.75, 3.05) is 13.2 Å². The molecule has 216 valence electrons. The van der Waals surface area contributed by atoms with E-state index in [2.05, 4.69) is 21.3 Å². The Labute approximate surface area is 226 Å². The van der Waals surface area contributed by atoms with Crippen LogP contribution in [0.25, 0.3) is 0 Å². The largest absolute Gasteiger partial charge is 0.463 e. The van der Waals surface area contributed by atoms with E-state index in [4.69, 9.17) is 9.47 Å². The van der Waals surface area contributed by atoms with Gasteiger partial charge in [-0.15, -0.1) is 0 Å². The Morgan fingerprint density at radius 1 is 1.08 bits per heavy atom. The zero-order chi connectivity index (χ0) is 29.0. The normalized spacial score (nSPS) is 18.9. The maximum Gasteiger partial charge on any atom is 0.330 e. The van der Waals surface area contributed by atoms with Gasteiger partial charge in [-0.1, -0.05) is 19.9 Å². The van der Waals surface area contributed by atoms with Crippen molar-refractivity contribution >= 4 is 29.6 Å². The van der Waals surface area contributed by atoms with Crippen LogP contribution >= 0.6 is 0 Å². The molecule has 0 aromatic rings. The Hall–Kier alpha value is -2.95. The lowest BCUT2D eigenvalue weighted by molar-refractivity contribution is -0.139. The molecule has 4 amide bonds. The highest BCUT2D eigenvalue weighted by Gasteiger charge is 2.34. The molecule has 11 heteroatoms. The molecule has 1 saturated heterocycles. The van der Waals surface area contributed by atoms with E-state index in [1.807, 2.05) is 34.6 Å². The molecule has 11 nitrogen and oxygen atoms in total. The summed E-state index contributed by atoms with van der Waals surface area (Å²) in [6.07, 6.45) is 3.32. The molecule has 1 aliphatic rings. The lowest BCUT2D eigenvalue weighted by Crippen LogP contribution is -2.58. The zero-order valence-electron chi connectivity index (χ0n) is 24.0. The second kappa shape index (κ2) is 15.5. The van der Waals surface area contributed by atoms with Crippen molar-refractivity contribution in [3.05, 3.63) is 12.2 Å². The van der Waals surface area contributed by atoms with Crippen molar-refractivity contribution in [1.82, 2.24) is 21.3 Å². The number of rotatable bonds is 14. The minimum Gasteiger partial charge on any atom is -0.463 e. The Kier molecular flexibility index (Phi) is 13.5. The van der Waals surface area contributed by atoms with Crippen LogP contribution in [0, 0.1) is 11.8 Å². The third-order valence-electron chi connectivity index (χ3n) is 5.77. The van der Waals surface area contributed by atoms with Gasteiger partial charge in [0.2, 0.25) is 23.6 Å². The number of hydrogen-bond donors (Lipinski definition) is 4. The quantitative estimate of drug-likeness (QED) is 0.192. The molecule has 0 spiro atoms. The summed E-state index contributed by atoms with van der Waals surface area (Å²) in [7, 11) is 0. The van der Waals surface area contributed by atoms with Crippen molar-refractivity contribution in [1.29, 1.82) is 0 Å². The summed E-state index contributed by atoms with van der Waals surface area (Å²) >= 11 is 0. The summed E-state index contributed by atoms with van der Waals surface area (Å²) in [5.41, 5.74) is -0.559. The summed E-state index contributed by atoms with van der Waals surface area (Å²) in [5, 5.41) is 11.0. The molecule has 1 heterocycles. The number of carbonyl (C=O) groups excluding carboxylic acids is 5. The van der Waals surface area contributed by atoms with Crippen molar-refractivity contribution < 1.29 is 33.4 Å². The molecule has 4 N–H and O–H groups in total.